The van der Waals surface area contributed by atoms with Crippen LogP contribution < -0.4 is 0 Å². The number of hydrogen-bond acceptors (Lipinski definition) is 4. The second kappa shape index (κ2) is 5.47. The molecule has 0 fully saturated rings. The van der Waals surface area contributed by atoms with Crippen LogP contribution in [0.1, 0.15) is 32.6 Å². The third-order valence-electron chi connectivity index (χ3n) is 3.09. The van der Waals surface area contributed by atoms with E-state index in [2.05, 4.69) is 10.0 Å². The van der Waals surface area contributed by atoms with Crippen molar-refractivity contribution in [3.05, 3.63) is 20.9 Å². The van der Waals surface area contributed by atoms with Crippen molar-refractivity contribution >= 4 is 17.7 Å². The van der Waals surface area contributed by atoms with E-state index in [0.717, 1.165) is 31.3 Å². The smallest absolute Gasteiger partial charge is 0.314 e. The van der Waals surface area contributed by atoms with E-state index >= 15 is 0 Å². The summed E-state index contributed by atoms with van der Waals surface area (Å²) in [5, 5.41) is 3.39. The van der Waals surface area contributed by atoms with E-state index < -0.39 is 0 Å². The number of nitrogens with zero attached hydrogens (tertiary/aromatic N) is 3. The van der Waals surface area contributed by atoms with Gasteiger partial charge in [0.15, 0.2) is 0 Å². The highest BCUT2D eigenvalue weighted by Crippen LogP contribution is 2.49. The Bertz CT molecular complexity index is 402. The predicted molar refractivity (Wildman–Crippen MR) is 66.1 cm³/mol. The molecular weight excluding hydrogens is 238 g/mol. The fourth-order valence-electron chi connectivity index (χ4n) is 2.38. The van der Waals surface area contributed by atoms with E-state index in [1.54, 1.807) is 6.92 Å². The fraction of sp³-hybridized carbons (Fsp3) is 0.727. The van der Waals surface area contributed by atoms with Gasteiger partial charge in [-0.15, -0.1) is 11.8 Å². The summed E-state index contributed by atoms with van der Waals surface area (Å²) in [5.41, 5.74) is 9.71. The van der Waals surface area contributed by atoms with Gasteiger partial charge in [0.1, 0.15) is 5.37 Å². The standard InChI is InChI=1S/C11H15N3O2S/c1-2-16-11(15)9-7-5-3-4-6-8(7)17-10(9)13-14-12/h9-10H,2-6H2,1H3. The van der Waals surface area contributed by atoms with Crippen LogP contribution in [0.25, 0.3) is 10.4 Å². The first-order chi connectivity index (χ1) is 8.27. The van der Waals surface area contributed by atoms with E-state index in [0.29, 0.717) is 6.61 Å². The van der Waals surface area contributed by atoms with Gasteiger partial charge in [-0.1, -0.05) is 5.11 Å². The maximum atomic E-state index is 11.9. The lowest BCUT2D eigenvalue weighted by molar-refractivity contribution is -0.146. The molecule has 0 bridgehead atoms. The van der Waals surface area contributed by atoms with E-state index in [1.807, 2.05) is 0 Å². The highest BCUT2D eigenvalue weighted by molar-refractivity contribution is 8.04. The minimum atomic E-state index is -0.355. The molecule has 0 radical (unpaired) electrons. The van der Waals surface area contributed by atoms with E-state index in [-0.39, 0.29) is 17.3 Å². The van der Waals surface area contributed by atoms with Crippen LogP contribution in [0.2, 0.25) is 0 Å². The summed E-state index contributed by atoms with van der Waals surface area (Å²) in [6.45, 7) is 2.16. The van der Waals surface area contributed by atoms with E-state index in [1.165, 1.54) is 16.7 Å². The van der Waals surface area contributed by atoms with Gasteiger partial charge in [0.2, 0.25) is 0 Å². The van der Waals surface area contributed by atoms with Gasteiger partial charge < -0.3 is 4.74 Å². The summed E-state index contributed by atoms with van der Waals surface area (Å²) in [4.78, 5) is 16.0. The quantitative estimate of drug-likeness (QED) is 0.335. The van der Waals surface area contributed by atoms with Gasteiger partial charge in [0.05, 0.1) is 12.5 Å². The largest absolute Gasteiger partial charge is 0.465 e. The Morgan fingerprint density at radius 1 is 1.59 bits per heavy atom. The number of carbonyl (C=O) groups is 1. The molecule has 2 aliphatic rings. The van der Waals surface area contributed by atoms with Crippen molar-refractivity contribution in [1.29, 1.82) is 0 Å². The van der Waals surface area contributed by atoms with Crippen molar-refractivity contribution in [3.63, 3.8) is 0 Å². The summed E-state index contributed by atoms with van der Waals surface area (Å²) in [7, 11) is 0. The molecule has 92 valence electrons. The maximum Gasteiger partial charge on any atom is 0.314 e. The minimum Gasteiger partial charge on any atom is -0.465 e. The molecular formula is C11H15N3O2S. The number of thioether (sulfide) groups is 1. The molecule has 0 saturated carbocycles. The van der Waals surface area contributed by atoms with Gasteiger partial charge in [-0.05, 0) is 48.6 Å². The summed E-state index contributed by atoms with van der Waals surface area (Å²) in [5.74, 6) is -0.601. The van der Waals surface area contributed by atoms with Crippen molar-refractivity contribution in [2.75, 3.05) is 6.61 Å². The average Bonchev–Trinajstić information content (AvgIpc) is 2.67. The highest BCUT2D eigenvalue weighted by atomic mass is 32.2. The molecule has 5 nitrogen and oxygen atoms in total. The molecule has 0 N–H and O–H groups in total. The zero-order chi connectivity index (χ0) is 12.3. The predicted octanol–water partition coefficient (Wildman–Crippen LogP) is 3.38. The summed E-state index contributed by atoms with van der Waals surface area (Å²) >= 11 is 1.54. The molecule has 2 unspecified atom stereocenters. The topological polar surface area (TPSA) is 75.1 Å². The Labute approximate surface area is 104 Å². The first-order valence-electron chi connectivity index (χ1n) is 5.87. The molecule has 1 aliphatic heterocycles. The van der Waals surface area contributed by atoms with Crippen molar-refractivity contribution in [1.82, 2.24) is 0 Å². The molecule has 17 heavy (non-hydrogen) atoms. The van der Waals surface area contributed by atoms with Gasteiger partial charge in [0.25, 0.3) is 0 Å². The Morgan fingerprint density at radius 3 is 3.06 bits per heavy atom. The van der Waals surface area contributed by atoms with Gasteiger partial charge in [-0.3, -0.25) is 4.79 Å². The van der Waals surface area contributed by atoms with E-state index in [9.17, 15) is 4.79 Å². The first-order valence-corrected chi connectivity index (χ1v) is 6.75. The number of allylic oxidation sites excluding steroid dienone is 1. The lowest BCUT2D eigenvalue weighted by atomic mass is 9.89. The Hall–Kier alpha value is -1.13. The summed E-state index contributed by atoms with van der Waals surface area (Å²) < 4.78 is 5.08. The molecule has 0 spiro atoms. The maximum absolute atomic E-state index is 11.9. The molecule has 0 saturated heterocycles. The molecule has 0 aromatic carbocycles. The fourth-order valence-corrected chi connectivity index (χ4v) is 3.82. The highest BCUT2D eigenvalue weighted by Gasteiger charge is 2.41. The second-order valence-electron chi connectivity index (χ2n) is 4.10. The van der Waals surface area contributed by atoms with Crippen LogP contribution in [0, 0.1) is 5.92 Å². The van der Waals surface area contributed by atoms with Crippen molar-refractivity contribution < 1.29 is 9.53 Å². The van der Waals surface area contributed by atoms with Crippen LogP contribution in [0.15, 0.2) is 15.6 Å². The Kier molecular flexibility index (Phi) is 3.97. The van der Waals surface area contributed by atoms with Gasteiger partial charge in [-0.25, -0.2) is 0 Å². The molecule has 1 aliphatic carbocycles. The molecule has 0 aromatic rings. The third kappa shape index (κ3) is 2.42. The van der Waals surface area contributed by atoms with Crippen LogP contribution >= 0.6 is 11.8 Å². The number of hydrogen-bond donors (Lipinski definition) is 0. The lowest BCUT2D eigenvalue weighted by Gasteiger charge is -2.18. The van der Waals surface area contributed by atoms with Crippen molar-refractivity contribution in [3.8, 4) is 0 Å². The number of carbonyl (C=O) groups excluding carboxylic acids is 1. The molecule has 0 amide bonds. The normalized spacial score (nSPS) is 27.4. The van der Waals surface area contributed by atoms with Crippen LogP contribution in [-0.4, -0.2) is 18.0 Å². The molecule has 6 heteroatoms. The van der Waals surface area contributed by atoms with Gasteiger partial charge in [0, 0.05) is 4.91 Å². The molecule has 2 atom stereocenters. The van der Waals surface area contributed by atoms with Gasteiger partial charge >= 0.3 is 5.97 Å². The second-order valence-corrected chi connectivity index (χ2v) is 5.31. The first kappa shape index (κ1) is 12.3. The molecule has 1 heterocycles. The Balaban J connectivity index is 2.24. The van der Waals surface area contributed by atoms with Crippen molar-refractivity contribution in [2.45, 2.75) is 38.0 Å². The summed E-state index contributed by atoms with van der Waals surface area (Å²) in [6.07, 6.45) is 4.21. The van der Waals surface area contributed by atoms with Crippen LogP contribution in [0.4, 0.5) is 0 Å². The number of esters is 1. The van der Waals surface area contributed by atoms with Crippen LogP contribution in [-0.2, 0) is 9.53 Å². The third-order valence-corrected chi connectivity index (χ3v) is 4.45. The number of ether oxygens (including phenoxy) is 1. The Morgan fingerprint density at radius 2 is 2.35 bits per heavy atom. The molecule has 0 aromatic heterocycles. The van der Waals surface area contributed by atoms with Crippen molar-refractivity contribution in [2.24, 2.45) is 11.0 Å². The SMILES string of the molecule is CCOC(=O)C1C2=C(CCCC2)SC1N=[N+]=[N-]. The van der Waals surface area contributed by atoms with Gasteiger partial charge in [-0.2, -0.15) is 0 Å². The number of azide groups is 1. The monoisotopic (exact) mass is 253 g/mol. The summed E-state index contributed by atoms with van der Waals surface area (Å²) in [6, 6.07) is 0. The van der Waals surface area contributed by atoms with Crippen LogP contribution in [0.3, 0.4) is 0 Å². The molecule has 2 rings (SSSR count). The van der Waals surface area contributed by atoms with E-state index in [4.69, 9.17) is 10.3 Å². The number of rotatable bonds is 3. The minimum absolute atomic E-state index is 0.246. The zero-order valence-electron chi connectivity index (χ0n) is 9.76. The lowest BCUT2D eigenvalue weighted by Crippen LogP contribution is -2.25. The van der Waals surface area contributed by atoms with Crippen LogP contribution in [0.5, 0.6) is 0 Å². The zero-order valence-corrected chi connectivity index (χ0v) is 10.6. The average molecular weight is 253 g/mol.